The van der Waals surface area contributed by atoms with Crippen LogP contribution in [0.3, 0.4) is 0 Å². The zero-order chi connectivity index (χ0) is 24.4. The van der Waals surface area contributed by atoms with Gasteiger partial charge in [-0.15, -0.1) is 0 Å². The lowest BCUT2D eigenvalue weighted by molar-refractivity contribution is 0.184. The van der Waals surface area contributed by atoms with Crippen LogP contribution in [0.5, 0.6) is 11.5 Å². The van der Waals surface area contributed by atoms with E-state index in [9.17, 15) is 4.79 Å². The monoisotopic (exact) mass is 529 g/mol. The van der Waals surface area contributed by atoms with E-state index in [0.717, 1.165) is 58.7 Å². The third kappa shape index (κ3) is 4.72. The molecule has 0 aliphatic carbocycles. The number of benzene rings is 2. The van der Waals surface area contributed by atoms with E-state index in [-0.39, 0.29) is 12.1 Å². The molecular weight excluding hydrogens is 498 g/mol. The number of nitrogens with zero attached hydrogens (tertiary/aromatic N) is 4. The van der Waals surface area contributed by atoms with Gasteiger partial charge in [-0.1, -0.05) is 6.07 Å². The summed E-state index contributed by atoms with van der Waals surface area (Å²) in [5.41, 5.74) is 4.77. The molecule has 2 aliphatic rings. The predicted octanol–water partition coefficient (Wildman–Crippen LogP) is 3.56. The van der Waals surface area contributed by atoms with Crippen molar-refractivity contribution in [1.82, 2.24) is 15.2 Å². The van der Waals surface area contributed by atoms with Crippen molar-refractivity contribution >= 4 is 33.4 Å². The van der Waals surface area contributed by atoms with Gasteiger partial charge in [0.05, 0.1) is 31.7 Å². The Bertz CT molecular complexity index is 1100. The molecule has 0 radical (unpaired) electrons. The minimum atomic E-state index is -0.246. The number of piperazine rings is 1. The molecule has 9 heteroatoms. The summed E-state index contributed by atoms with van der Waals surface area (Å²) in [6.07, 6.45) is 0.636. The van der Waals surface area contributed by atoms with Gasteiger partial charge in [-0.3, -0.25) is 0 Å². The summed E-state index contributed by atoms with van der Waals surface area (Å²) >= 11 is 3.80. The van der Waals surface area contributed by atoms with Crippen molar-refractivity contribution < 1.29 is 14.3 Å². The van der Waals surface area contributed by atoms with Gasteiger partial charge in [-0.05, 0) is 66.2 Å². The van der Waals surface area contributed by atoms with Crippen LogP contribution in [0, 0.1) is 0 Å². The smallest absolute Gasteiger partial charge is 0.337 e. The number of hydrazone groups is 1. The molecule has 1 unspecified atom stereocenters. The number of carbonyl (C=O) groups excluding carboxylic acids is 1. The van der Waals surface area contributed by atoms with Crippen molar-refractivity contribution in [2.24, 2.45) is 5.10 Å². The highest BCUT2D eigenvalue weighted by Gasteiger charge is 2.29. The molecule has 1 fully saturated rings. The van der Waals surface area contributed by atoms with Crippen LogP contribution < -0.4 is 19.7 Å². The molecule has 2 heterocycles. The van der Waals surface area contributed by atoms with Crippen LogP contribution in [0.25, 0.3) is 0 Å². The standard InChI is InChI=1S/C25H32BrN5O3/c1-16-12-18-14-22(33-4)23(34-5)15-19(18)24(28-31(16)25(32)27-2)17-6-7-21(20(26)13-17)30-10-8-29(3)9-11-30/h6-7,13-16H,8-12H2,1-5H3,(H,27,32). The average Bonchev–Trinajstić information content (AvgIpc) is 2.98. The summed E-state index contributed by atoms with van der Waals surface area (Å²) in [6, 6.07) is 9.86. The number of likely N-dealkylation sites (N-methyl/N-ethyl adjacent to an activating group) is 1. The van der Waals surface area contributed by atoms with Gasteiger partial charge in [0.2, 0.25) is 0 Å². The molecule has 1 atom stereocenters. The molecule has 0 bridgehead atoms. The van der Waals surface area contributed by atoms with E-state index in [0.29, 0.717) is 17.9 Å². The molecule has 2 aromatic rings. The molecule has 8 nitrogen and oxygen atoms in total. The van der Waals surface area contributed by atoms with E-state index in [1.165, 1.54) is 5.01 Å². The van der Waals surface area contributed by atoms with Crippen molar-refractivity contribution in [2.75, 3.05) is 59.4 Å². The summed E-state index contributed by atoms with van der Waals surface area (Å²) in [6.45, 7) is 6.03. The van der Waals surface area contributed by atoms with Crippen LogP contribution in [0.4, 0.5) is 10.5 Å². The summed E-state index contributed by atoms with van der Waals surface area (Å²) < 4.78 is 12.1. The van der Waals surface area contributed by atoms with Crippen LogP contribution in [0.2, 0.25) is 0 Å². The van der Waals surface area contributed by atoms with Crippen molar-refractivity contribution in [3.8, 4) is 11.5 Å². The van der Waals surface area contributed by atoms with Gasteiger partial charge in [-0.2, -0.15) is 5.10 Å². The Labute approximate surface area is 209 Å². The summed E-state index contributed by atoms with van der Waals surface area (Å²) in [5, 5.41) is 9.10. The van der Waals surface area contributed by atoms with Crippen molar-refractivity contribution in [3.63, 3.8) is 0 Å². The summed E-state index contributed by atoms with van der Waals surface area (Å²) in [5.74, 6) is 1.29. The van der Waals surface area contributed by atoms with Crippen molar-refractivity contribution in [2.45, 2.75) is 19.4 Å². The first-order valence-electron chi connectivity index (χ1n) is 11.4. The molecule has 0 spiro atoms. The molecule has 1 saturated heterocycles. The number of nitrogens with one attached hydrogen (secondary N) is 1. The normalized spacial score (nSPS) is 18.6. The van der Waals surface area contributed by atoms with E-state index in [2.05, 4.69) is 56.3 Å². The zero-order valence-corrected chi connectivity index (χ0v) is 22.0. The zero-order valence-electron chi connectivity index (χ0n) is 20.4. The number of carbonyl (C=O) groups is 1. The number of fused-ring (bicyclic) bond motifs is 1. The lowest BCUT2D eigenvalue weighted by Crippen LogP contribution is -2.44. The number of hydrogen-bond donors (Lipinski definition) is 1. The topological polar surface area (TPSA) is 69.6 Å². The highest BCUT2D eigenvalue weighted by molar-refractivity contribution is 9.10. The van der Waals surface area contributed by atoms with Gasteiger partial charge in [0.15, 0.2) is 11.5 Å². The lowest BCUT2D eigenvalue weighted by atomic mass is 9.94. The molecule has 0 saturated carbocycles. The highest BCUT2D eigenvalue weighted by atomic mass is 79.9. The lowest BCUT2D eigenvalue weighted by Gasteiger charge is -2.34. The fourth-order valence-electron chi connectivity index (χ4n) is 4.51. The Kier molecular flexibility index (Phi) is 7.33. The molecular formula is C25H32BrN5O3. The third-order valence-corrected chi connectivity index (χ3v) is 7.13. The summed E-state index contributed by atoms with van der Waals surface area (Å²) in [4.78, 5) is 17.4. The number of methoxy groups -OCH3 is 2. The minimum absolute atomic E-state index is 0.137. The maximum absolute atomic E-state index is 12.7. The number of urea groups is 1. The van der Waals surface area contributed by atoms with Gasteiger partial charge in [0.25, 0.3) is 0 Å². The Morgan fingerprint density at radius 1 is 1.09 bits per heavy atom. The first-order valence-corrected chi connectivity index (χ1v) is 12.2. The largest absolute Gasteiger partial charge is 0.493 e. The molecule has 182 valence electrons. The minimum Gasteiger partial charge on any atom is -0.493 e. The second kappa shape index (κ2) is 10.2. The quantitative estimate of drug-likeness (QED) is 0.655. The highest BCUT2D eigenvalue weighted by Crippen LogP contribution is 2.36. The van der Waals surface area contributed by atoms with Crippen molar-refractivity contribution in [3.05, 3.63) is 51.5 Å². The van der Waals surface area contributed by atoms with Gasteiger partial charge in [0, 0.05) is 48.8 Å². The summed E-state index contributed by atoms with van der Waals surface area (Å²) in [7, 11) is 7.03. The number of ether oxygens (including phenoxy) is 2. The van der Waals surface area contributed by atoms with E-state index < -0.39 is 0 Å². The number of rotatable bonds is 4. The Morgan fingerprint density at radius 2 is 1.76 bits per heavy atom. The molecule has 2 aliphatic heterocycles. The van der Waals surface area contributed by atoms with Gasteiger partial charge in [0.1, 0.15) is 0 Å². The van der Waals surface area contributed by atoms with E-state index in [1.54, 1.807) is 21.3 Å². The third-order valence-electron chi connectivity index (χ3n) is 6.49. The average molecular weight is 530 g/mol. The number of hydrogen-bond acceptors (Lipinski definition) is 6. The van der Waals surface area contributed by atoms with Crippen LogP contribution >= 0.6 is 15.9 Å². The van der Waals surface area contributed by atoms with Gasteiger partial charge < -0.3 is 24.6 Å². The Balaban J connectivity index is 1.82. The van der Waals surface area contributed by atoms with Crippen molar-refractivity contribution in [1.29, 1.82) is 0 Å². The molecule has 2 amide bonds. The predicted molar refractivity (Wildman–Crippen MR) is 138 cm³/mol. The maximum Gasteiger partial charge on any atom is 0.337 e. The number of anilines is 1. The van der Waals surface area contributed by atoms with E-state index in [1.807, 2.05) is 19.1 Å². The molecule has 34 heavy (non-hydrogen) atoms. The van der Waals surface area contributed by atoms with E-state index >= 15 is 0 Å². The second-order valence-electron chi connectivity index (χ2n) is 8.72. The first kappa shape index (κ1) is 24.3. The molecule has 2 aromatic carbocycles. The number of halogens is 1. The van der Waals surface area contributed by atoms with Gasteiger partial charge >= 0.3 is 6.03 Å². The van der Waals surface area contributed by atoms with Crippen LogP contribution in [0.1, 0.15) is 23.6 Å². The van der Waals surface area contributed by atoms with Gasteiger partial charge in [-0.25, -0.2) is 9.80 Å². The maximum atomic E-state index is 12.7. The molecule has 4 rings (SSSR count). The Morgan fingerprint density at radius 3 is 2.38 bits per heavy atom. The van der Waals surface area contributed by atoms with Crippen LogP contribution in [-0.2, 0) is 6.42 Å². The molecule has 1 N–H and O–H groups in total. The molecule has 0 aromatic heterocycles. The van der Waals surface area contributed by atoms with Crippen LogP contribution in [-0.4, -0.2) is 82.2 Å². The Hall–Kier alpha value is -2.78. The number of amides is 2. The van der Waals surface area contributed by atoms with Crippen LogP contribution in [0.15, 0.2) is 39.9 Å². The fraction of sp³-hybridized carbons (Fsp3) is 0.440. The second-order valence-corrected chi connectivity index (χ2v) is 9.58. The SMILES string of the molecule is CNC(=O)N1N=C(c2ccc(N3CCN(C)CC3)c(Br)c2)c2cc(OC)c(OC)cc2CC1C. The van der Waals surface area contributed by atoms with E-state index in [4.69, 9.17) is 14.6 Å². The first-order chi connectivity index (χ1) is 16.4. The fourth-order valence-corrected chi connectivity index (χ4v) is 5.14.